The lowest BCUT2D eigenvalue weighted by Crippen LogP contribution is -2.40. The minimum Gasteiger partial charge on any atom is -0.444 e. The van der Waals surface area contributed by atoms with Crippen LogP contribution in [0.1, 0.15) is 54.4 Å². The van der Waals surface area contributed by atoms with Gasteiger partial charge >= 0.3 is 6.09 Å². The molecule has 0 spiro atoms. The van der Waals surface area contributed by atoms with Crippen LogP contribution in [-0.4, -0.2) is 54.7 Å². The Morgan fingerprint density at radius 2 is 1.96 bits per heavy atom. The van der Waals surface area contributed by atoms with E-state index in [1.165, 1.54) is 0 Å². The van der Waals surface area contributed by atoms with Crippen LogP contribution in [-0.2, 0) is 9.53 Å². The van der Waals surface area contributed by atoms with Crippen molar-refractivity contribution in [2.45, 2.75) is 66.0 Å². The van der Waals surface area contributed by atoms with E-state index in [1.807, 2.05) is 20.8 Å². The predicted octanol–water partition coefficient (Wildman–Crippen LogP) is 2.38. The predicted molar refractivity (Wildman–Crippen MR) is 95.8 cm³/mol. The van der Waals surface area contributed by atoms with Gasteiger partial charge in [0.05, 0.1) is 0 Å². The number of hydrogen-bond donors (Lipinski definition) is 2. The number of hydrogen-bond acceptors (Lipinski definition) is 4. The van der Waals surface area contributed by atoms with Gasteiger partial charge in [0, 0.05) is 39.1 Å². The van der Waals surface area contributed by atoms with E-state index in [0.717, 1.165) is 32.5 Å². The molecule has 24 heavy (non-hydrogen) atoms. The summed E-state index contributed by atoms with van der Waals surface area (Å²) in [6, 6.07) is 0.251. The van der Waals surface area contributed by atoms with Gasteiger partial charge in [0.2, 0.25) is 5.91 Å². The first-order chi connectivity index (χ1) is 11.0. The summed E-state index contributed by atoms with van der Waals surface area (Å²) in [5.74, 6) is 0.991. The molecule has 2 N–H and O–H groups in total. The zero-order valence-corrected chi connectivity index (χ0v) is 16.1. The molecule has 1 fully saturated rings. The molecule has 0 aromatic carbocycles. The average molecular weight is 341 g/mol. The highest BCUT2D eigenvalue weighted by atomic mass is 16.6. The number of ether oxygens (including phenoxy) is 1. The van der Waals surface area contributed by atoms with Crippen LogP contribution in [0.5, 0.6) is 0 Å². The third kappa shape index (κ3) is 9.11. The van der Waals surface area contributed by atoms with Crippen LogP contribution in [0, 0.1) is 11.8 Å². The molecule has 0 radical (unpaired) electrons. The monoisotopic (exact) mass is 341 g/mol. The second kappa shape index (κ2) is 9.25. The first-order valence-corrected chi connectivity index (χ1v) is 9.01. The van der Waals surface area contributed by atoms with Gasteiger partial charge < -0.3 is 20.3 Å². The van der Waals surface area contributed by atoms with E-state index >= 15 is 0 Å². The number of amides is 2. The third-order valence-corrected chi connectivity index (χ3v) is 3.93. The van der Waals surface area contributed by atoms with Crippen LogP contribution in [0.4, 0.5) is 4.79 Å². The lowest BCUT2D eigenvalue weighted by molar-refractivity contribution is -0.119. The molecule has 1 rings (SSSR count). The fourth-order valence-electron chi connectivity index (χ4n) is 3.20. The normalized spacial score (nSPS) is 20.0. The van der Waals surface area contributed by atoms with Gasteiger partial charge in [-0.25, -0.2) is 4.79 Å². The van der Waals surface area contributed by atoms with Crippen molar-refractivity contribution in [3.05, 3.63) is 0 Å². The van der Waals surface area contributed by atoms with Crippen LogP contribution in [0.25, 0.3) is 0 Å². The molecule has 140 valence electrons. The molecule has 1 aliphatic heterocycles. The molecule has 2 amide bonds. The number of nitrogens with zero attached hydrogens (tertiary/aromatic N) is 1. The van der Waals surface area contributed by atoms with Crippen LogP contribution in [0.15, 0.2) is 0 Å². The fraction of sp³-hybridized carbons (Fsp3) is 0.889. The summed E-state index contributed by atoms with van der Waals surface area (Å²) in [4.78, 5) is 25.4. The molecule has 1 saturated heterocycles. The lowest BCUT2D eigenvalue weighted by atomic mass is 9.96. The molecule has 0 saturated carbocycles. The molecule has 2 unspecified atom stereocenters. The summed E-state index contributed by atoms with van der Waals surface area (Å²) in [7, 11) is 0. The van der Waals surface area contributed by atoms with E-state index in [1.54, 1.807) is 6.92 Å². The van der Waals surface area contributed by atoms with Gasteiger partial charge in [-0.15, -0.1) is 0 Å². The standard InChI is InChI=1S/C18H35N3O3/c1-13(2)9-15(10-19-17(23)24-18(4,5)6)11-21-8-7-16(12-21)20-14(3)22/h13,15-16H,7-12H2,1-6H3,(H,19,23)(H,20,22). The molecule has 1 heterocycles. The molecule has 0 aliphatic carbocycles. The fourth-order valence-corrected chi connectivity index (χ4v) is 3.20. The molecule has 0 aromatic rings. The van der Waals surface area contributed by atoms with Gasteiger partial charge in [0.1, 0.15) is 5.60 Å². The summed E-state index contributed by atoms with van der Waals surface area (Å²) in [5, 5.41) is 5.90. The Hall–Kier alpha value is -1.30. The van der Waals surface area contributed by atoms with Gasteiger partial charge in [-0.05, 0) is 45.4 Å². The SMILES string of the molecule is CC(=O)NC1CCN(CC(CNC(=O)OC(C)(C)C)CC(C)C)C1. The van der Waals surface area contributed by atoms with E-state index in [-0.39, 0.29) is 18.0 Å². The van der Waals surface area contributed by atoms with Crippen molar-refractivity contribution in [1.82, 2.24) is 15.5 Å². The van der Waals surface area contributed by atoms with E-state index in [9.17, 15) is 9.59 Å². The third-order valence-electron chi connectivity index (χ3n) is 3.93. The number of nitrogens with one attached hydrogen (secondary N) is 2. The van der Waals surface area contributed by atoms with Crippen molar-refractivity contribution in [3.63, 3.8) is 0 Å². The Morgan fingerprint density at radius 3 is 2.50 bits per heavy atom. The maximum atomic E-state index is 11.9. The van der Waals surface area contributed by atoms with Crippen LogP contribution in [0.2, 0.25) is 0 Å². The second-order valence-corrected chi connectivity index (χ2v) is 8.32. The Kier molecular flexibility index (Phi) is 8.00. The zero-order chi connectivity index (χ0) is 18.3. The van der Waals surface area contributed by atoms with Gasteiger partial charge in [-0.1, -0.05) is 13.8 Å². The first kappa shape index (κ1) is 20.7. The molecule has 2 atom stereocenters. The second-order valence-electron chi connectivity index (χ2n) is 8.32. The van der Waals surface area contributed by atoms with Crippen molar-refractivity contribution in [2.24, 2.45) is 11.8 Å². The van der Waals surface area contributed by atoms with Crippen molar-refractivity contribution in [2.75, 3.05) is 26.2 Å². The Morgan fingerprint density at radius 1 is 1.29 bits per heavy atom. The van der Waals surface area contributed by atoms with E-state index in [2.05, 4.69) is 29.4 Å². The quantitative estimate of drug-likeness (QED) is 0.746. The Bertz CT molecular complexity index is 418. The minimum absolute atomic E-state index is 0.0344. The Labute approximate surface area is 146 Å². The van der Waals surface area contributed by atoms with Gasteiger partial charge in [-0.2, -0.15) is 0 Å². The average Bonchev–Trinajstić information content (AvgIpc) is 2.79. The highest BCUT2D eigenvalue weighted by Gasteiger charge is 2.26. The smallest absolute Gasteiger partial charge is 0.407 e. The lowest BCUT2D eigenvalue weighted by Gasteiger charge is -2.26. The van der Waals surface area contributed by atoms with E-state index in [4.69, 9.17) is 4.74 Å². The van der Waals surface area contributed by atoms with Crippen molar-refractivity contribution in [1.29, 1.82) is 0 Å². The van der Waals surface area contributed by atoms with Crippen molar-refractivity contribution in [3.8, 4) is 0 Å². The molecular weight excluding hydrogens is 306 g/mol. The number of rotatable bonds is 7. The van der Waals surface area contributed by atoms with Gasteiger partial charge in [-0.3, -0.25) is 4.79 Å². The van der Waals surface area contributed by atoms with Crippen LogP contribution in [0.3, 0.4) is 0 Å². The van der Waals surface area contributed by atoms with Crippen LogP contribution >= 0.6 is 0 Å². The topological polar surface area (TPSA) is 70.7 Å². The number of carbonyl (C=O) groups is 2. The molecular formula is C18H35N3O3. The summed E-state index contributed by atoms with van der Waals surface area (Å²) in [5.41, 5.74) is -0.474. The zero-order valence-electron chi connectivity index (χ0n) is 16.1. The Balaban J connectivity index is 2.45. The summed E-state index contributed by atoms with van der Waals surface area (Å²) >= 11 is 0. The van der Waals surface area contributed by atoms with Gasteiger partial charge in [0.25, 0.3) is 0 Å². The molecule has 1 aliphatic rings. The van der Waals surface area contributed by atoms with Gasteiger partial charge in [0.15, 0.2) is 0 Å². The maximum Gasteiger partial charge on any atom is 0.407 e. The van der Waals surface area contributed by atoms with Crippen molar-refractivity contribution < 1.29 is 14.3 Å². The summed E-state index contributed by atoms with van der Waals surface area (Å²) in [6.45, 7) is 15.0. The molecule has 0 aromatic heterocycles. The number of carbonyl (C=O) groups excluding carboxylic acids is 2. The molecule has 0 bridgehead atoms. The molecule has 6 heteroatoms. The molecule has 6 nitrogen and oxygen atoms in total. The maximum absolute atomic E-state index is 11.9. The first-order valence-electron chi connectivity index (χ1n) is 9.01. The number of alkyl carbamates (subject to hydrolysis) is 1. The highest BCUT2D eigenvalue weighted by Crippen LogP contribution is 2.17. The van der Waals surface area contributed by atoms with Crippen molar-refractivity contribution >= 4 is 12.0 Å². The summed E-state index contributed by atoms with van der Waals surface area (Å²) < 4.78 is 5.31. The van der Waals surface area contributed by atoms with Crippen LogP contribution < -0.4 is 10.6 Å². The summed E-state index contributed by atoms with van der Waals surface area (Å²) in [6.07, 6.45) is 1.69. The van der Waals surface area contributed by atoms with E-state index < -0.39 is 5.60 Å². The minimum atomic E-state index is -0.474. The largest absolute Gasteiger partial charge is 0.444 e. The highest BCUT2D eigenvalue weighted by molar-refractivity contribution is 5.73. The number of likely N-dealkylation sites (tertiary alicyclic amines) is 1. The van der Waals surface area contributed by atoms with E-state index in [0.29, 0.717) is 18.4 Å².